The van der Waals surface area contributed by atoms with Crippen LogP contribution in [0.15, 0.2) is 18.2 Å². The van der Waals surface area contributed by atoms with E-state index >= 15 is 0 Å². The first kappa shape index (κ1) is 15.1. The summed E-state index contributed by atoms with van der Waals surface area (Å²) in [6, 6.07) is 5.03. The van der Waals surface area contributed by atoms with Gasteiger partial charge in [-0.3, -0.25) is 9.69 Å². The summed E-state index contributed by atoms with van der Waals surface area (Å²) in [4.78, 5) is 14.3. The zero-order chi connectivity index (χ0) is 14.4. The fourth-order valence-corrected chi connectivity index (χ4v) is 2.31. The number of nitrogens with zero attached hydrogens (tertiary/aromatic N) is 1. The Morgan fingerprint density at radius 2 is 2.20 bits per heavy atom. The van der Waals surface area contributed by atoms with Crippen molar-refractivity contribution in [3.8, 4) is 5.75 Å². The molecule has 0 unspecified atom stereocenters. The van der Waals surface area contributed by atoms with E-state index in [0.29, 0.717) is 22.9 Å². The highest BCUT2D eigenvalue weighted by molar-refractivity contribution is 6.34. The number of carbonyl (C=O) groups is 1. The molecule has 20 heavy (non-hydrogen) atoms. The molecule has 1 N–H and O–H groups in total. The summed E-state index contributed by atoms with van der Waals surface area (Å²) in [7, 11) is 1.56. The lowest BCUT2D eigenvalue weighted by atomic mass is 10.2. The van der Waals surface area contributed by atoms with Crippen LogP contribution in [0.1, 0.15) is 10.4 Å². The number of ether oxygens (including phenoxy) is 2. The van der Waals surface area contributed by atoms with E-state index in [4.69, 9.17) is 21.1 Å². The number of halogens is 1. The van der Waals surface area contributed by atoms with Gasteiger partial charge in [-0.25, -0.2) is 0 Å². The monoisotopic (exact) mass is 298 g/mol. The van der Waals surface area contributed by atoms with Crippen LogP contribution in [0, 0.1) is 0 Å². The minimum atomic E-state index is -0.161. The van der Waals surface area contributed by atoms with Crippen LogP contribution in [0.5, 0.6) is 5.75 Å². The Hall–Kier alpha value is -1.30. The molecule has 0 saturated carbocycles. The van der Waals surface area contributed by atoms with Gasteiger partial charge < -0.3 is 14.8 Å². The molecular weight excluding hydrogens is 280 g/mol. The smallest absolute Gasteiger partial charge is 0.252 e. The van der Waals surface area contributed by atoms with E-state index in [-0.39, 0.29) is 5.91 Å². The van der Waals surface area contributed by atoms with Gasteiger partial charge in [0.05, 0.1) is 30.9 Å². The Balaban J connectivity index is 1.82. The van der Waals surface area contributed by atoms with Gasteiger partial charge in [-0.1, -0.05) is 11.6 Å². The zero-order valence-electron chi connectivity index (χ0n) is 11.5. The van der Waals surface area contributed by atoms with Crippen molar-refractivity contribution in [2.75, 3.05) is 46.5 Å². The van der Waals surface area contributed by atoms with E-state index in [2.05, 4.69) is 10.2 Å². The standard InChI is InChI=1S/C14H19ClN2O3/c1-19-11-2-3-12(13(15)10-11)14(18)16-4-5-17-6-8-20-9-7-17/h2-3,10H,4-9H2,1H3,(H,16,18). The third-order valence-electron chi connectivity index (χ3n) is 3.24. The number of rotatable bonds is 5. The topological polar surface area (TPSA) is 50.8 Å². The van der Waals surface area contributed by atoms with Gasteiger partial charge in [-0.2, -0.15) is 0 Å². The van der Waals surface area contributed by atoms with Gasteiger partial charge in [0.25, 0.3) is 5.91 Å². The Kier molecular flexibility index (Phi) is 5.64. The number of methoxy groups -OCH3 is 1. The van der Waals surface area contributed by atoms with Gasteiger partial charge in [0.1, 0.15) is 5.75 Å². The Bertz CT molecular complexity index is 462. The molecule has 5 nitrogen and oxygen atoms in total. The first-order chi connectivity index (χ1) is 9.70. The molecule has 0 spiro atoms. The molecule has 1 amide bonds. The summed E-state index contributed by atoms with van der Waals surface area (Å²) >= 11 is 6.06. The molecule has 1 saturated heterocycles. The molecule has 0 aromatic heterocycles. The Morgan fingerprint density at radius 3 is 2.85 bits per heavy atom. The molecule has 110 valence electrons. The van der Waals surface area contributed by atoms with E-state index in [1.807, 2.05) is 0 Å². The molecule has 2 rings (SSSR count). The van der Waals surface area contributed by atoms with E-state index in [0.717, 1.165) is 32.8 Å². The van der Waals surface area contributed by atoms with Crippen molar-refractivity contribution >= 4 is 17.5 Å². The highest BCUT2D eigenvalue weighted by Gasteiger charge is 2.13. The third-order valence-corrected chi connectivity index (χ3v) is 3.55. The normalized spacial score (nSPS) is 15.9. The molecule has 0 aliphatic carbocycles. The predicted octanol–water partition coefficient (Wildman–Crippen LogP) is 1.41. The number of amides is 1. The van der Waals surface area contributed by atoms with Crippen molar-refractivity contribution in [2.45, 2.75) is 0 Å². The van der Waals surface area contributed by atoms with Crippen LogP contribution in [-0.4, -0.2) is 57.3 Å². The van der Waals surface area contributed by atoms with Crippen molar-refractivity contribution < 1.29 is 14.3 Å². The molecule has 0 atom stereocenters. The number of hydrogen-bond acceptors (Lipinski definition) is 4. The van der Waals surface area contributed by atoms with Crippen LogP contribution in [0.3, 0.4) is 0 Å². The second kappa shape index (κ2) is 7.47. The van der Waals surface area contributed by atoms with Crippen LogP contribution in [0.2, 0.25) is 5.02 Å². The van der Waals surface area contributed by atoms with Gasteiger partial charge >= 0.3 is 0 Å². The maximum Gasteiger partial charge on any atom is 0.252 e. The van der Waals surface area contributed by atoms with E-state index in [1.165, 1.54) is 0 Å². The molecule has 1 heterocycles. The maximum atomic E-state index is 12.0. The highest BCUT2D eigenvalue weighted by atomic mass is 35.5. The second-order valence-electron chi connectivity index (χ2n) is 4.56. The summed E-state index contributed by atoms with van der Waals surface area (Å²) < 4.78 is 10.3. The first-order valence-corrected chi connectivity index (χ1v) is 7.00. The number of carbonyl (C=O) groups excluding carboxylic acids is 1. The Labute approximate surface area is 123 Å². The van der Waals surface area contributed by atoms with Crippen LogP contribution < -0.4 is 10.1 Å². The van der Waals surface area contributed by atoms with Gasteiger partial charge in [0.2, 0.25) is 0 Å². The fraction of sp³-hybridized carbons (Fsp3) is 0.500. The summed E-state index contributed by atoms with van der Waals surface area (Å²) in [6.45, 7) is 4.78. The number of benzene rings is 1. The fourth-order valence-electron chi connectivity index (χ4n) is 2.05. The SMILES string of the molecule is COc1ccc(C(=O)NCCN2CCOCC2)c(Cl)c1. The van der Waals surface area contributed by atoms with Crippen LogP contribution in [-0.2, 0) is 4.74 Å². The van der Waals surface area contributed by atoms with E-state index in [9.17, 15) is 4.79 Å². The Morgan fingerprint density at radius 1 is 1.45 bits per heavy atom. The molecule has 1 fully saturated rings. The molecule has 0 radical (unpaired) electrons. The highest BCUT2D eigenvalue weighted by Crippen LogP contribution is 2.22. The molecule has 1 aromatic rings. The average molecular weight is 299 g/mol. The number of hydrogen-bond donors (Lipinski definition) is 1. The van der Waals surface area contributed by atoms with Crippen molar-refractivity contribution in [1.82, 2.24) is 10.2 Å². The van der Waals surface area contributed by atoms with Crippen molar-refractivity contribution in [1.29, 1.82) is 0 Å². The largest absolute Gasteiger partial charge is 0.497 e. The summed E-state index contributed by atoms with van der Waals surface area (Å²) in [5, 5.41) is 3.27. The van der Waals surface area contributed by atoms with Crippen molar-refractivity contribution in [3.63, 3.8) is 0 Å². The maximum absolute atomic E-state index is 12.0. The van der Waals surface area contributed by atoms with Crippen molar-refractivity contribution in [3.05, 3.63) is 28.8 Å². The minimum Gasteiger partial charge on any atom is -0.497 e. The molecule has 0 bridgehead atoms. The molecule has 1 aromatic carbocycles. The van der Waals surface area contributed by atoms with E-state index in [1.54, 1.807) is 25.3 Å². The lowest BCUT2D eigenvalue weighted by molar-refractivity contribution is 0.0383. The molecule has 6 heteroatoms. The summed E-state index contributed by atoms with van der Waals surface area (Å²) in [6.07, 6.45) is 0. The lowest BCUT2D eigenvalue weighted by Gasteiger charge is -2.26. The van der Waals surface area contributed by atoms with Crippen LogP contribution in [0.25, 0.3) is 0 Å². The summed E-state index contributed by atoms with van der Waals surface area (Å²) in [5.41, 5.74) is 0.467. The lowest BCUT2D eigenvalue weighted by Crippen LogP contribution is -2.41. The molecule has 1 aliphatic rings. The quantitative estimate of drug-likeness (QED) is 0.893. The van der Waals surface area contributed by atoms with Gasteiger partial charge in [-0.15, -0.1) is 0 Å². The zero-order valence-corrected chi connectivity index (χ0v) is 12.3. The minimum absolute atomic E-state index is 0.161. The van der Waals surface area contributed by atoms with E-state index < -0.39 is 0 Å². The second-order valence-corrected chi connectivity index (χ2v) is 4.96. The average Bonchev–Trinajstić information content (AvgIpc) is 2.48. The van der Waals surface area contributed by atoms with Gasteiger partial charge in [0.15, 0.2) is 0 Å². The van der Waals surface area contributed by atoms with Crippen molar-refractivity contribution in [2.24, 2.45) is 0 Å². The first-order valence-electron chi connectivity index (χ1n) is 6.62. The number of morpholine rings is 1. The van der Waals surface area contributed by atoms with Crippen LogP contribution in [0.4, 0.5) is 0 Å². The predicted molar refractivity (Wildman–Crippen MR) is 77.6 cm³/mol. The number of nitrogens with one attached hydrogen (secondary N) is 1. The van der Waals surface area contributed by atoms with Gasteiger partial charge in [0, 0.05) is 26.2 Å². The third kappa shape index (κ3) is 4.10. The molecular formula is C14H19ClN2O3. The van der Waals surface area contributed by atoms with Crippen LogP contribution >= 0.6 is 11.6 Å². The summed E-state index contributed by atoms with van der Waals surface area (Å²) in [5.74, 6) is 0.478. The molecule has 1 aliphatic heterocycles. The van der Waals surface area contributed by atoms with Gasteiger partial charge in [-0.05, 0) is 18.2 Å².